The van der Waals surface area contributed by atoms with Crippen LogP contribution < -0.4 is 5.73 Å². The van der Waals surface area contributed by atoms with Gasteiger partial charge in [-0.25, -0.2) is 0 Å². The molecule has 0 spiro atoms. The summed E-state index contributed by atoms with van der Waals surface area (Å²) in [6.45, 7) is 0. The summed E-state index contributed by atoms with van der Waals surface area (Å²) in [4.78, 5) is 2.58. The van der Waals surface area contributed by atoms with Gasteiger partial charge in [-0.2, -0.15) is 0 Å². The molecule has 12 heavy (non-hydrogen) atoms. The molecule has 2 N–H and O–H groups in total. The van der Waals surface area contributed by atoms with Crippen LogP contribution in [0.5, 0.6) is 0 Å². The highest BCUT2D eigenvalue weighted by Gasteiger charge is 2.51. The van der Waals surface area contributed by atoms with Gasteiger partial charge in [-0.15, -0.1) is 0 Å². The summed E-state index contributed by atoms with van der Waals surface area (Å²) in [5, 5.41) is 0. The summed E-state index contributed by atoms with van der Waals surface area (Å²) < 4.78 is 0. The van der Waals surface area contributed by atoms with Gasteiger partial charge in [-0.3, -0.25) is 0 Å². The van der Waals surface area contributed by atoms with E-state index in [4.69, 9.17) is 5.73 Å². The summed E-state index contributed by atoms with van der Waals surface area (Å²) in [6, 6.07) is 1.64. The van der Waals surface area contributed by atoms with Crippen molar-refractivity contribution in [1.82, 2.24) is 4.90 Å². The van der Waals surface area contributed by atoms with Crippen molar-refractivity contribution in [3.63, 3.8) is 0 Å². The second-order valence-electron chi connectivity index (χ2n) is 5.29. The van der Waals surface area contributed by atoms with Gasteiger partial charge >= 0.3 is 0 Å². The highest BCUT2D eigenvalue weighted by atomic mass is 15.2. The Morgan fingerprint density at radius 1 is 1.17 bits per heavy atom. The zero-order valence-electron chi connectivity index (χ0n) is 7.79. The largest absolute Gasteiger partial charge is 0.325 e. The predicted octanol–water partition coefficient (Wildman–Crippen LogP) is 0.960. The van der Waals surface area contributed by atoms with Gasteiger partial charge in [-0.1, -0.05) is 0 Å². The van der Waals surface area contributed by atoms with Crippen molar-refractivity contribution in [2.45, 2.75) is 49.7 Å². The van der Waals surface area contributed by atoms with Crippen molar-refractivity contribution in [1.29, 1.82) is 0 Å². The Hall–Kier alpha value is -0.0800. The van der Waals surface area contributed by atoms with Crippen LogP contribution in [0, 0.1) is 5.92 Å². The number of hydrogen-bond acceptors (Lipinski definition) is 2. The van der Waals surface area contributed by atoms with Crippen LogP contribution in [0.25, 0.3) is 0 Å². The summed E-state index contributed by atoms with van der Waals surface area (Å²) in [7, 11) is 2.29. The lowest BCUT2D eigenvalue weighted by molar-refractivity contribution is -0.0561. The van der Waals surface area contributed by atoms with Gasteiger partial charge in [0.05, 0.1) is 0 Å². The number of piperidine rings is 2. The summed E-state index contributed by atoms with van der Waals surface area (Å²) in [5.74, 6) is 0.962. The number of nitrogens with zero attached hydrogens (tertiary/aromatic N) is 1. The zero-order valence-corrected chi connectivity index (χ0v) is 7.79. The van der Waals surface area contributed by atoms with E-state index in [9.17, 15) is 0 Å². The van der Waals surface area contributed by atoms with E-state index >= 15 is 0 Å². The molecule has 0 aromatic carbocycles. The molecular weight excluding hydrogens is 148 g/mol. The first-order valence-corrected chi connectivity index (χ1v) is 5.17. The maximum atomic E-state index is 6.36. The molecule has 4 aliphatic rings. The molecule has 0 aromatic rings. The van der Waals surface area contributed by atoms with Crippen molar-refractivity contribution in [3.05, 3.63) is 0 Å². The first kappa shape index (κ1) is 7.34. The fourth-order valence-corrected chi connectivity index (χ4v) is 3.88. The maximum absolute atomic E-state index is 6.36. The van der Waals surface area contributed by atoms with Gasteiger partial charge in [0.2, 0.25) is 0 Å². The minimum atomic E-state index is 0.239. The molecule has 2 heteroatoms. The van der Waals surface area contributed by atoms with E-state index in [0.29, 0.717) is 0 Å². The van der Waals surface area contributed by atoms with Crippen molar-refractivity contribution in [2.24, 2.45) is 11.7 Å². The summed E-state index contributed by atoms with van der Waals surface area (Å²) in [5.41, 5.74) is 6.60. The lowest BCUT2D eigenvalue weighted by atomic mass is 9.60. The van der Waals surface area contributed by atoms with Crippen LogP contribution in [0.1, 0.15) is 32.1 Å². The molecule has 68 valence electrons. The Morgan fingerprint density at radius 3 is 2.25 bits per heavy atom. The van der Waals surface area contributed by atoms with Gasteiger partial charge in [0.15, 0.2) is 0 Å². The molecule has 0 amide bonds. The van der Waals surface area contributed by atoms with Crippen molar-refractivity contribution < 1.29 is 0 Å². The van der Waals surface area contributed by atoms with Crippen molar-refractivity contribution in [3.8, 4) is 0 Å². The van der Waals surface area contributed by atoms with Crippen molar-refractivity contribution in [2.75, 3.05) is 7.05 Å². The van der Waals surface area contributed by atoms with E-state index in [1.165, 1.54) is 32.1 Å². The highest BCUT2D eigenvalue weighted by molar-refractivity contribution is 5.09. The molecule has 2 saturated carbocycles. The van der Waals surface area contributed by atoms with Gasteiger partial charge in [-0.05, 0) is 45.1 Å². The SMILES string of the molecule is CN1[C@H]2CC3C[C@H]1CC(N)(C3)C2. The number of nitrogens with two attached hydrogens (primary N) is 1. The van der Waals surface area contributed by atoms with Crippen LogP contribution in [0.4, 0.5) is 0 Å². The second kappa shape index (κ2) is 2.05. The fraction of sp³-hybridized carbons (Fsp3) is 1.00. The first-order valence-electron chi connectivity index (χ1n) is 5.17. The molecule has 2 aliphatic carbocycles. The average molecular weight is 166 g/mol. The fourth-order valence-electron chi connectivity index (χ4n) is 3.88. The normalized spacial score (nSPS) is 58.0. The van der Waals surface area contributed by atoms with Gasteiger partial charge < -0.3 is 10.6 Å². The van der Waals surface area contributed by atoms with Crippen molar-refractivity contribution >= 4 is 0 Å². The Balaban J connectivity index is 1.95. The molecule has 2 saturated heterocycles. The minimum Gasteiger partial charge on any atom is -0.325 e. The third-order valence-electron chi connectivity index (χ3n) is 4.34. The molecule has 0 unspecified atom stereocenters. The van der Waals surface area contributed by atoms with E-state index in [0.717, 1.165) is 18.0 Å². The minimum absolute atomic E-state index is 0.239. The van der Waals surface area contributed by atoms with Gasteiger partial charge in [0.25, 0.3) is 0 Å². The molecule has 2 nitrogen and oxygen atoms in total. The second-order valence-corrected chi connectivity index (χ2v) is 5.29. The monoisotopic (exact) mass is 166 g/mol. The van der Waals surface area contributed by atoms with Crippen LogP contribution in [0.3, 0.4) is 0 Å². The van der Waals surface area contributed by atoms with Crippen LogP contribution in [0.2, 0.25) is 0 Å². The molecular formula is C10H18N2. The molecule has 4 rings (SSSR count). The molecule has 4 fully saturated rings. The predicted molar refractivity (Wildman–Crippen MR) is 48.8 cm³/mol. The summed E-state index contributed by atoms with van der Waals surface area (Å²) in [6.07, 6.45) is 6.68. The number of hydrogen-bond donors (Lipinski definition) is 1. The Kier molecular flexibility index (Phi) is 1.25. The van der Waals surface area contributed by atoms with Gasteiger partial charge in [0.1, 0.15) is 0 Å². The van der Waals surface area contributed by atoms with Crippen LogP contribution in [0.15, 0.2) is 0 Å². The lowest BCUT2D eigenvalue weighted by Gasteiger charge is -2.59. The maximum Gasteiger partial charge on any atom is 0.0186 e. The number of rotatable bonds is 0. The first-order chi connectivity index (χ1) is 5.66. The van der Waals surface area contributed by atoms with Gasteiger partial charge in [0, 0.05) is 17.6 Å². The molecule has 2 aliphatic heterocycles. The third kappa shape index (κ3) is 0.826. The Morgan fingerprint density at radius 2 is 1.75 bits per heavy atom. The Labute approximate surface area is 74.1 Å². The van der Waals surface area contributed by atoms with Crippen LogP contribution in [-0.2, 0) is 0 Å². The molecule has 4 bridgehead atoms. The van der Waals surface area contributed by atoms with Crippen LogP contribution in [-0.4, -0.2) is 29.6 Å². The molecule has 0 radical (unpaired) electrons. The zero-order chi connectivity index (χ0) is 8.34. The smallest absolute Gasteiger partial charge is 0.0186 e. The molecule has 2 atom stereocenters. The van der Waals surface area contributed by atoms with E-state index in [2.05, 4.69) is 11.9 Å². The summed E-state index contributed by atoms with van der Waals surface area (Å²) >= 11 is 0. The highest BCUT2D eigenvalue weighted by Crippen LogP contribution is 2.49. The Bertz CT molecular complexity index is 198. The van der Waals surface area contributed by atoms with Crippen LogP contribution >= 0.6 is 0 Å². The van der Waals surface area contributed by atoms with E-state index < -0.39 is 0 Å². The molecule has 0 aromatic heterocycles. The molecule has 2 heterocycles. The van der Waals surface area contributed by atoms with E-state index in [1.54, 1.807) is 0 Å². The van der Waals surface area contributed by atoms with E-state index in [-0.39, 0.29) is 5.54 Å². The average Bonchev–Trinajstić information content (AvgIpc) is 1.96. The lowest BCUT2D eigenvalue weighted by Crippen LogP contribution is -2.66. The quantitative estimate of drug-likeness (QED) is 0.581. The topological polar surface area (TPSA) is 29.3 Å². The standard InChI is InChI=1S/C10H18N2/c1-12-8-2-7-3-9(12)6-10(11,4-7)5-8/h7-9H,2-6,11H2,1H3/t7?,8-,9-,10?/m0/s1. The third-order valence-corrected chi connectivity index (χ3v) is 4.34. The van der Waals surface area contributed by atoms with E-state index in [1.807, 2.05) is 0 Å².